The van der Waals surface area contributed by atoms with E-state index < -0.39 is 0 Å². The van der Waals surface area contributed by atoms with Gasteiger partial charge < -0.3 is 10.2 Å². The Balaban J connectivity index is 1.57. The molecule has 2 heteroatoms. The summed E-state index contributed by atoms with van der Waals surface area (Å²) in [5, 5.41) is 3.43. The van der Waals surface area contributed by atoms with Crippen molar-refractivity contribution in [2.75, 3.05) is 27.2 Å². The zero-order valence-corrected chi connectivity index (χ0v) is 12.5. The molecule has 0 aromatic rings. The molecule has 2 aliphatic carbocycles. The number of hydrogen-bond acceptors (Lipinski definition) is 2. The summed E-state index contributed by atoms with van der Waals surface area (Å²) in [6.07, 6.45) is 13.1. The zero-order chi connectivity index (χ0) is 12.8. The van der Waals surface area contributed by atoms with Crippen LogP contribution in [0, 0.1) is 11.8 Å². The van der Waals surface area contributed by atoms with Gasteiger partial charge in [0, 0.05) is 12.6 Å². The molecule has 0 atom stereocenters. The van der Waals surface area contributed by atoms with Crippen LogP contribution in [0.15, 0.2) is 0 Å². The topological polar surface area (TPSA) is 15.3 Å². The molecule has 0 aromatic carbocycles. The highest BCUT2D eigenvalue weighted by Gasteiger charge is 2.21. The van der Waals surface area contributed by atoms with E-state index in [1.165, 1.54) is 70.9 Å². The fourth-order valence-corrected chi connectivity index (χ4v) is 3.87. The number of nitrogens with zero attached hydrogens (tertiary/aromatic N) is 1. The Hall–Kier alpha value is -0.0800. The van der Waals surface area contributed by atoms with Crippen LogP contribution in [0.4, 0.5) is 0 Å². The molecule has 0 bridgehead atoms. The quantitative estimate of drug-likeness (QED) is 0.780. The van der Waals surface area contributed by atoms with E-state index in [4.69, 9.17) is 0 Å². The Morgan fingerprint density at radius 3 is 2.22 bits per heavy atom. The van der Waals surface area contributed by atoms with Gasteiger partial charge in [-0.1, -0.05) is 25.7 Å². The van der Waals surface area contributed by atoms with Crippen molar-refractivity contribution in [3.05, 3.63) is 0 Å². The van der Waals surface area contributed by atoms with E-state index in [9.17, 15) is 0 Å². The van der Waals surface area contributed by atoms with Crippen LogP contribution in [0.5, 0.6) is 0 Å². The van der Waals surface area contributed by atoms with Gasteiger partial charge in [0.25, 0.3) is 0 Å². The van der Waals surface area contributed by atoms with Gasteiger partial charge in [-0.3, -0.25) is 0 Å². The van der Waals surface area contributed by atoms with Crippen LogP contribution < -0.4 is 5.32 Å². The highest BCUT2D eigenvalue weighted by Crippen LogP contribution is 2.28. The summed E-state index contributed by atoms with van der Waals surface area (Å²) in [5.74, 6) is 2.01. The molecule has 0 aliphatic heterocycles. The highest BCUT2D eigenvalue weighted by atomic mass is 15.1. The maximum Gasteiger partial charge on any atom is 0.00642 e. The van der Waals surface area contributed by atoms with Gasteiger partial charge in [-0.2, -0.15) is 0 Å². The molecule has 106 valence electrons. The van der Waals surface area contributed by atoms with Crippen LogP contribution in [0.25, 0.3) is 0 Å². The smallest absolute Gasteiger partial charge is 0.00642 e. The first-order valence-corrected chi connectivity index (χ1v) is 8.13. The highest BCUT2D eigenvalue weighted by molar-refractivity contribution is 4.78. The largest absolute Gasteiger partial charge is 0.317 e. The van der Waals surface area contributed by atoms with Gasteiger partial charge in [0.1, 0.15) is 0 Å². The van der Waals surface area contributed by atoms with E-state index in [0.717, 1.165) is 17.9 Å². The van der Waals surface area contributed by atoms with Gasteiger partial charge in [-0.15, -0.1) is 0 Å². The summed E-state index contributed by atoms with van der Waals surface area (Å²) in [7, 11) is 4.44. The number of nitrogens with one attached hydrogen (secondary N) is 1. The molecule has 0 heterocycles. The second kappa shape index (κ2) is 7.49. The van der Waals surface area contributed by atoms with Crippen LogP contribution in [-0.4, -0.2) is 38.1 Å². The lowest BCUT2D eigenvalue weighted by molar-refractivity contribution is 0.207. The second-order valence-corrected chi connectivity index (χ2v) is 6.71. The van der Waals surface area contributed by atoms with Gasteiger partial charge in [-0.05, 0) is 64.6 Å². The first-order chi connectivity index (χ1) is 8.78. The molecule has 2 saturated carbocycles. The summed E-state index contributed by atoms with van der Waals surface area (Å²) < 4.78 is 0. The molecule has 2 rings (SSSR count). The molecule has 0 saturated heterocycles. The summed E-state index contributed by atoms with van der Waals surface area (Å²) in [6.45, 7) is 2.67. The second-order valence-electron chi connectivity index (χ2n) is 6.71. The van der Waals surface area contributed by atoms with Crippen LogP contribution >= 0.6 is 0 Å². The summed E-state index contributed by atoms with van der Waals surface area (Å²) in [4.78, 5) is 2.60. The molecule has 2 fully saturated rings. The molecule has 0 spiro atoms. The lowest BCUT2D eigenvalue weighted by Crippen LogP contribution is -2.34. The van der Waals surface area contributed by atoms with E-state index >= 15 is 0 Å². The maximum atomic E-state index is 3.43. The Morgan fingerprint density at radius 1 is 0.944 bits per heavy atom. The van der Waals surface area contributed by atoms with E-state index in [1.807, 2.05) is 0 Å². The van der Waals surface area contributed by atoms with Crippen molar-refractivity contribution in [2.45, 2.75) is 63.8 Å². The van der Waals surface area contributed by atoms with Gasteiger partial charge >= 0.3 is 0 Å². The van der Waals surface area contributed by atoms with Crippen LogP contribution in [0.2, 0.25) is 0 Å². The maximum absolute atomic E-state index is 3.43. The standard InChI is InChI=1S/C16H32N2/c1-17-16-9-7-15(8-10-16)13-18(2)12-11-14-5-3-4-6-14/h14-17H,3-13H2,1-2H3. The third-order valence-corrected chi connectivity index (χ3v) is 5.22. The van der Waals surface area contributed by atoms with Crippen molar-refractivity contribution >= 4 is 0 Å². The minimum atomic E-state index is 0.796. The molecule has 0 unspecified atom stereocenters. The van der Waals surface area contributed by atoms with Gasteiger partial charge in [-0.25, -0.2) is 0 Å². The number of rotatable bonds is 6. The van der Waals surface area contributed by atoms with Crippen LogP contribution in [0.3, 0.4) is 0 Å². The fourth-order valence-electron chi connectivity index (χ4n) is 3.87. The Kier molecular flexibility index (Phi) is 5.97. The van der Waals surface area contributed by atoms with Crippen molar-refractivity contribution in [1.29, 1.82) is 0 Å². The van der Waals surface area contributed by atoms with Crippen LogP contribution in [-0.2, 0) is 0 Å². The average Bonchev–Trinajstić information content (AvgIpc) is 2.90. The first-order valence-electron chi connectivity index (χ1n) is 8.13. The lowest BCUT2D eigenvalue weighted by atomic mass is 9.86. The molecule has 0 amide bonds. The van der Waals surface area contributed by atoms with E-state index in [0.29, 0.717) is 0 Å². The van der Waals surface area contributed by atoms with Crippen molar-refractivity contribution in [3.63, 3.8) is 0 Å². The third-order valence-electron chi connectivity index (χ3n) is 5.22. The summed E-state index contributed by atoms with van der Waals surface area (Å²) in [6, 6.07) is 0.796. The molecule has 18 heavy (non-hydrogen) atoms. The predicted octanol–water partition coefficient (Wildman–Crippen LogP) is 3.28. The van der Waals surface area contributed by atoms with Gasteiger partial charge in [0.2, 0.25) is 0 Å². The number of hydrogen-bond donors (Lipinski definition) is 1. The minimum Gasteiger partial charge on any atom is -0.317 e. The third kappa shape index (κ3) is 4.55. The Labute approximate surface area is 114 Å². The van der Waals surface area contributed by atoms with E-state index in [1.54, 1.807) is 0 Å². The molecule has 2 nitrogen and oxygen atoms in total. The van der Waals surface area contributed by atoms with E-state index in [-0.39, 0.29) is 0 Å². The van der Waals surface area contributed by atoms with Gasteiger partial charge in [0.15, 0.2) is 0 Å². The first kappa shape index (κ1) is 14.3. The molecule has 1 N–H and O–H groups in total. The van der Waals surface area contributed by atoms with E-state index in [2.05, 4.69) is 24.3 Å². The summed E-state index contributed by atoms with van der Waals surface area (Å²) in [5.41, 5.74) is 0. The average molecular weight is 252 g/mol. The van der Waals surface area contributed by atoms with Crippen molar-refractivity contribution < 1.29 is 0 Å². The van der Waals surface area contributed by atoms with Crippen molar-refractivity contribution in [3.8, 4) is 0 Å². The summed E-state index contributed by atoms with van der Waals surface area (Å²) >= 11 is 0. The molecule has 2 aliphatic rings. The molecular weight excluding hydrogens is 220 g/mol. The minimum absolute atomic E-state index is 0.796. The molecule has 0 radical (unpaired) electrons. The Morgan fingerprint density at radius 2 is 1.61 bits per heavy atom. The normalized spacial score (nSPS) is 30.2. The fraction of sp³-hybridized carbons (Fsp3) is 1.00. The van der Waals surface area contributed by atoms with Crippen molar-refractivity contribution in [2.24, 2.45) is 11.8 Å². The lowest BCUT2D eigenvalue weighted by Gasteiger charge is -2.31. The zero-order valence-electron chi connectivity index (χ0n) is 12.5. The SMILES string of the molecule is CNC1CCC(CN(C)CCC2CCCC2)CC1. The van der Waals surface area contributed by atoms with Crippen molar-refractivity contribution in [1.82, 2.24) is 10.2 Å². The molecule has 0 aromatic heterocycles. The monoisotopic (exact) mass is 252 g/mol. The Bertz CT molecular complexity index is 215. The van der Waals surface area contributed by atoms with Crippen LogP contribution in [0.1, 0.15) is 57.8 Å². The predicted molar refractivity (Wildman–Crippen MR) is 78.9 cm³/mol. The molecular formula is C16H32N2. The van der Waals surface area contributed by atoms with Gasteiger partial charge in [0.05, 0.1) is 0 Å².